The second-order valence-corrected chi connectivity index (χ2v) is 6.08. The fourth-order valence-corrected chi connectivity index (χ4v) is 3.61. The van der Waals surface area contributed by atoms with Gasteiger partial charge in [-0.05, 0) is 43.3 Å². The molecule has 1 heterocycles. The van der Waals surface area contributed by atoms with Gasteiger partial charge in [0.25, 0.3) is 0 Å². The standard InChI is InChI=1S/C16H17NS/c1-17(2)11-14-8-5-7-13-10-12-6-3-4-9-15(12)18-16(13)14/h3-9H,10-11H2,1-2H3. The van der Waals surface area contributed by atoms with Gasteiger partial charge in [-0.1, -0.05) is 48.2 Å². The Kier molecular flexibility index (Phi) is 3.14. The summed E-state index contributed by atoms with van der Waals surface area (Å²) in [7, 11) is 4.25. The summed E-state index contributed by atoms with van der Waals surface area (Å²) in [5, 5.41) is 0. The van der Waals surface area contributed by atoms with Gasteiger partial charge in [-0.25, -0.2) is 0 Å². The van der Waals surface area contributed by atoms with Crippen LogP contribution in [0.4, 0.5) is 0 Å². The lowest BCUT2D eigenvalue weighted by Crippen LogP contribution is -2.13. The Morgan fingerprint density at radius 3 is 2.61 bits per heavy atom. The normalized spacial score (nSPS) is 13.3. The first-order chi connectivity index (χ1) is 8.74. The lowest BCUT2D eigenvalue weighted by molar-refractivity contribution is 0.399. The third kappa shape index (κ3) is 2.18. The monoisotopic (exact) mass is 255 g/mol. The van der Waals surface area contributed by atoms with E-state index in [1.807, 2.05) is 11.8 Å². The van der Waals surface area contributed by atoms with E-state index in [9.17, 15) is 0 Å². The van der Waals surface area contributed by atoms with E-state index in [0.717, 1.165) is 13.0 Å². The minimum atomic E-state index is 1.01. The summed E-state index contributed by atoms with van der Waals surface area (Å²) in [6, 6.07) is 15.4. The van der Waals surface area contributed by atoms with Crippen molar-refractivity contribution in [2.75, 3.05) is 14.1 Å². The Bertz CT molecular complexity index is 575. The van der Waals surface area contributed by atoms with Crippen LogP contribution in [0.2, 0.25) is 0 Å². The number of nitrogens with zero attached hydrogens (tertiary/aromatic N) is 1. The molecule has 2 aromatic carbocycles. The van der Waals surface area contributed by atoms with E-state index in [1.54, 1.807) is 0 Å². The van der Waals surface area contributed by atoms with Gasteiger partial charge in [-0.15, -0.1) is 0 Å². The van der Waals surface area contributed by atoms with Crippen LogP contribution < -0.4 is 0 Å². The summed E-state index contributed by atoms with van der Waals surface area (Å²) in [5.74, 6) is 0. The maximum absolute atomic E-state index is 2.26. The van der Waals surface area contributed by atoms with Crippen molar-refractivity contribution in [2.24, 2.45) is 0 Å². The molecular formula is C16H17NS. The van der Waals surface area contributed by atoms with Crippen molar-refractivity contribution in [3.8, 4) is 0 Å². The molecule has 0 saturated heterocycles. The fraction of sp³-hybridized carbons (Fsp3) is 0.250. The summed E-state index contributed by atoms with van der Waals surface area (Å²) in [5.41, 5.74) is 4.37. The SMILES string of the molecule is CN(C)Cc1cccc2c1Sc1ccccc1C2. The third-order valence-corrected chi connectivity index (χ3v) is 4.58. The molecule has 0 fully saturated rings. The molecule has 0 aromatic heterocycles. The molecule has 0 amide bonds. The molecule has 0 spiro atoms. The number of benzene rings is 2. The van der Waals surface area contributed by atoms with Gasteiger partial charge in [0.15, 0.2) is 0 Å². The molecule has 0 atom stereocenters. The number of hydrogen-bond acceptors (Lipinski definition) is 2. The van der Waals surface area contributed by atoms with Crippen molar-refractivity contribution in [1.82, 2.24) is 4.90 Å². The molecule has 0 N–H and O–H groups in total. The largest absolute Gasteiger partial charge is 0.305 e. The van der Waals surface area contributed by atoms with Gasteiger partial charge in [-0.3, -0.25) is 0 Å². The van der Waals surface area contributed by atoms with Gasteiger partial charge < -0.3 is 4.90 Å². The number of rotatable bonds is 2. The van der Waals surface area contributed by atoms with Crippen LogP contribution in [0.1, 0.15) is 16.7 Å². The summed E-state index contributed by atoms with van der Waals surface area (Å²) in [6.45, 7) is 1.01. The summed E-state index contributed by atoms with van der Waals surface area (Å²) in [6.07, 6.45) is 1.07. The first kappa shape index (κ1) is 11.8. The van der Waals surface area contributed by atoms with Crippen molar-refractivity contribution in [3.05, 3.63) is 59.2 Å². The Morgan fingerprint density at radius 2 is 1.78 bits per heavy atom. The average molecular weight is 255 g/mol. The van der Waals surface area contributed by atoms with Crippen LogP contribution in [0.25, 0.3) is 0 Å². The summed E-state index contributed by atoms with van der Waals surface area (Å²) >= 11 is 1.92. The quantitative estimate of drug-likeness (QED) is 0.685. The topological polar surface area (TPSA) is 3.24 Å². The first-order valence-corrected chi connectivity index (χ1v) is 7.07. The van der Waals surface area contributed by atoms with Crippen LogP contribution in [0.5, 0.6) is 0 Å². The van der Waals surface area contributed by atoms with Gasteiger partial charge in [-0.2, -0.15) is 0 Å². The minimum Gasteiger partial charge on any atom is -0.305 e. The van der Waals surface area contributed by atoms with Crippen LogP contribution in [0.15, 0.2) is 52.3 Å². The molecule has 0 saturated carbocycles. The molecule has 1 aliphatic heterocycles. The van der Waals surface area contributed by atoms with E-state index >= 15 is 0 Å². The van der Waals surface area contributed by atoms with Crippen molar-refractivity contribution < 1.29 is 0 Å². The Morgan fingerprint density at radius 1 is 1.00 bits per heavy atom. The molecule has 92 valence electrons. The Balaban J connectivity index is 2.02. The second kappa shape index (κ2) is 4.79. The van der Waals surface area contributed by atoms with E-state index in [1.165, 1.54) is 26.5 Å². The van der Waals surface area contributed by atoms with E-state index in [2.05, 4.69) is 61.5 Å². The molecule has 2 aromatic rings. The number of hydrogen-bond donors (Lipinski definition) is 0. The molecular weight excluding hydrogens is 238 g/mol. The lowest BCUT2D eigenvalue weighted by atomic mass is 10.0. The van der Waals surface area contributed by atoms with Gasteiger partial charge in [0, 0.05) is 16.3 Å². The Labute approximate surface area is 113 Å². The first-order valence-electron chi connectivity index (χ1n) is 6.25. The van der Waals surface area contributed by atoms with Crippen molar-refractivity contribution >= 4 is 11.8 Å². The van der Waals surface area contributed by atoms with Crippen LogP contribution in [-0.4, -0.2) is 19.0 Å². The van der Waals surface area contributed by atoms with E-state index in [-0.39, 0.29) is 0 Å². The molecule has 0 unspecified atom stereocenters. The molecule has 0 bridgehead atoms. The predicted molar refractivity (Wildman–Crippen MR) is 77.2 cm³/mol. The molecule has 1 aliphatic rings. The maximum Gasteiger partial charge on any atom is 0.0238 e. The van der Waals surface area contributed by atoms with Crippen molar-refractivity contribution in [1.29, 1.82) is 0 Å². The summed E-state index contributed by atoms with van der Waals surface area (Å²) in [4.78, 5) is 5.11. The maximum atomic E-state index is 2.26. The second-order valence-electron chi connectivity index (χ2n) is 5.03. The zero-order chi connectivity index (χ0) is 12.5. The highest BCUT2D eigenvalue weighted by atomic mass is 32.2. The van der Waals surface area contributed by atoms with Crippen molar-refractivity contribution in [2.45, 2.75) is 22.8 Å². The highest BCUT2D eigenvalue weighted by molar-refractivity contribution is 7.99. The van der Waals surface area contributed by atoms with Gasteiger partial charge in [0.05, 0.1) is 0 Å². The van der Waals surface area contributed by atoms with E-state index in [4.69, 9.17) is 0 Å². The van der Waals surface area contributed by atoms with Crippen LogP contribution in [0.3, 0.4) is 0 Å². The Hall–Kier alpha value is -1.25. The highest BCUT2D eigenvalue weighted by Gasteiger charge is 2.18. The third-order valence-electron chi connectivity index (χ3n) is 3.23. The average Bonchev–Trinajstić information content (AvgIpc) is 2.36. The minimum absolute atomic E-state index is 1.01. The molecule has 2 heteroatoms. The van der Waals surface area contributed by atoms with Crippen molar-refractivity contribution in [3.63, 3.8) is 0 Å². The molecule has 18 heavy (non-hydrogen) atoms. The van der Waals surface area contributed by atoms with Gasteiger partial charge in [0.1, 0.15) is 0 Å². The van der Waals surface area contributed by atoms with Crippen LogP contribution >= 0.6 is 11.8 Å². The van der Waals surface area contributed by atoms with Crippen LogP contribution in [-0.2, 0) is 13.0 Å². The molecule has 1 nitrogen and oxygen atoms in total. The molecule has 3 rings (SSSR count). The predicted octanol–water partition coefficient (Wildman–Crippen LogP) is 3.80. The van der Waals surface area contributed by atoms with Gasteiger partial charge >= 0.3 is 0 Å². The van der Waals surface area contributed by atoms with Gasteiger partial charge in [0.2, 0.25) is 0 Å². The molecule has 0 radical (unpaired) electrons. The number of fused-ring (bicyclic) bond motifs is 2. The smallest absolute Gasteiger partial charge is 0.0238 e. The van der Waals surface area contributed by atoms with E-state index < -0.39 is 0 Å². The zero-order valence-corrected chi connectivity index (χ0v) is 11.6. The molecule has 0 aliphatic carbocycles. The zero-order valence-electron chi connectivity index (χ0n) is 10.8. The van der Waals surface area contributed by atoms with E-state index in [0.29, 0.717) is 0 Å². The highest BCUT2D eigenvalue weighted by Crippen LogP contribution is 2.41. The lowest BCUT2D eigenvalue weighted by Gasteiger charge is -2.22. The van der Waals surface area contributed by atoms with Crippen LogP contribution in [0, 0.1) is 0 Å². The summed E-state index contributed by atoms with van der Waals surface area (Å²) < 4.78 is 0. The fourth-order valence-electron chi connectivity index (χ4n) is 2.44.